The highest BCUT2D eigenvalue weighted by atomic mass is 16.2. The van der Waals surface area contributed by atoms with Gasteiger partial charge in [-0.3, -0.25) is 14.4 Å². The van der Waals surface area contributed by atoms with Crippen LogP contribution in [0.4, 0.5) is 5.69 Å². The molecule has 0 unspecified atom stereocenters. The van der Waals surface area contributed by atoms with Gasteiger partial charge in [-0.1, -0.05) is 37.0 Å². The van der Waals surface area contributed by atoms with Crippen molar-refractivity contribution in [3.05, 3.63) is 28.8 Å². The summed E-state index contributed by atoms with van der Waals surface area (Å²) in [6, 6.07) is 4.04. The minimum atomic E-state index is -0.880. The van der Waals surface area contributed by atoms with Crippen molar-refractivity contribution in [3.63, 3.8) is 0 Å². The lowest BCUT2D eigenvalue weighted by atomic mass is 9.80. The number of carbonyl (C=O) groups is 3. The van der Waals surface area contributed by atoms with Crippen LogP contribution in [0.1, 0.15) is 55.7 Å². The van der Waals surface area contributed by atoms with Gasteiger partial charge in [0.1, 0.15) is 5.54 Å². The smallest absolute Gasteiger partial charge is 0.248 e. The molecule has 0 spiro atoms. The van der Waals surface area contributed by atoms with E-state index in [0.29, 0.717) is 12.8 Å². The van der Waals surface area contributed by atoms with Crippen molar-refractivity contribution >= 4 is 23.4 Å². The van der Waals surface area contributed by atoms with Crippen LogP contribution in [-0.4, -0.2) is 41.8 Å². The zero-order valence-electron chi connectivity index (χ0n) is 17.1. The van der Waals surface area contributed by atoms with Gasteiger partial charge in [-0.25, -0.2) is 0 Å². The van der Waals surface area contributed by atoms with E-state index in [2.05, 4.69) is 10.6 Å². The fourth-order valence-electron chi connectivity index (χ4n) is 4.09. The molecule has 1 aliphatic carbocycles. The molecule has 0 heterocycles. The summed E-state index contributed by atoms with van der Waals surface area (Å²) in [5, 5.41) is 5.79. The molecule has 1 saturated carbocycles. The molecule has 2 rings (SSSR count). The van der Waals surface area contributed by atoms with Crippen LogP contribution in [0.25, 0.3) is 0 Å². The molecular formula is C21H31N3O3. The molecule has 3 amide bonds. The van der Waals surface area contributed by atoms with Gasteiger partial charge in [0.15, 0.2) is 0 Å². The van der Waals surface area contributed by atoms with Gasteiger partial charge in [-0.15, -0.1) is 0 Å². The molecule has 1 aromatic rings. The molecule has 6 nitrogen and oxygen atoms in total. The Morgan fingerprint density at radius 3 is 2.11 bits per heavy atom. The van der Waals surface area contributed by atoms with E-state index in [-0.39, 0.29) is 24.3 Å². The van der Waals surface area contributed by atoms with Gasteiger partial charge < -0.3 is 15.5 Å². The summed E-state index contributed by atoms with van der Waals surface area (Å²) in [4.78, 5) is 38.7. The van der Waals surface area contributed by atoms with E-state index in [0.717, 1.165) is 41.6 Å². The van der Waals surface area contributed by atoms with Crippen molar-refractivity contribution in [3.8, 4) is 0 Å². The maximum atomic E-state index is 13.1. The molecule has 2 N–H and O–H groups in total. The normalized spacial score (nSPS) is 15.7. The molecule has 0 aromatic heterocycles. The summed E-state index contributed by atoms with van der Waals surface area (Å²) in [6.07, 6.45) is 4.09. The SMILES string of the molecule is CC(=O)NC1(C(=O)N(C)CC(=O)Nc2c(C)cc(C)cc2C)CCCCC1. The molecule has 6 heteroatoms. The topological polar surface area (TPSA) is 78.5 Å². The molecule has 1 aromatic carbocycles. The number of anilines is 1. The third kappa shape index (κ3) is 5.08. The molecule has 0 saturated heterocycles. The van der Waals surface area contributed by atoms with Gasteiger partial charge in [-0.2, -0.15) is 0 Å². The summed E-state index contributed by atoms with van der Waals surface area (Å²) >= 11 is 0. The lowest BCUT2D eigenvalue weighted by molar-refractivity contribution is -0.143. The maximum Gasteiger partial charge on any atom is 0.248 e. The second-order valence-corrected chi connectivity index (χ2v) is 7.81. The number of hydrogen-bond acceptors (Lipinski definition) is 3. The average molecular weight is 373 g/mol. The molecule has 148 valence electrons. The van der Waals surface area contributed by atoms with Crippen LogP contribution in [-0.2, 0) is 14.4 Å². The fraction of sp³-hybridized carbons (Fsp3) is 0.571. The van der Waals surface area contributed by atoms with E-state index < -0.39 is 5.54 Å². The third-order valence-corrected chi connectivity index (χ3v) is 5.20. The van der Waals surface area contributed by atoms with Crippen LogP contribution in [0.5, 0.6) is 0 Å². The number of rotatable bonds is 5. The van der Waals surface area contributed by atoms with Gasteiger partial charge in [0.05, 0.1) is 6.54 Å². The molecule has 27 heavy (non-hydrogen) atoms. The number of carbonyl (C=O) groups excluding carboxylic acids is 3. The Labute approximate surface area is 161 Å². The summed E-state index contributed by atoms with van der Waals surface area (Å²) in [5.41, 5.74) is 3.05. The lowest BCUT2D eigenvalue weighted by Crippen LogP contribution is -2.60. The Morgan fingerprint density at radius 1 is 1.04 bits per heavy atom. The first kappa shape index (κ1) is 20.9. The monoisotopic (exact) mass is 373 g/mol. The molecule has 0 bridgehead atoms. The van der Waals surface area contributed by atoms with Gasteiger partial charge in [0.25, 0.3) is 0 Å². The first-order valence-electron chi connectivity index (χ1n) is 9.56. The zero-order valence-corrected chi connectivity index (χ0v) is 17.1. The minimum Gasteiger partial charge on any atom is -0.342 e. The second kappa shape index (κ2) is 8.55. The number of benzene rings is 1. The van der Waals surface area contributed by atoms with E-state index in [1.807, 2.05) is 32.9 Å². The second-order valence-electron chi connectivity index (χ2n) is 7.81. The number of hydrogen-bond donors (Lipinski definition) is 2. The number of nitrogens with zero attached hydrogens (tertiary/aromatic N) is 1. The summed E-state index contributed by atoms with van der Waals surface area (Å²) < 4.78 is 0. The van der Waals surface area contributed by atoms with E-state index >= 15 is 0 Å². The highest BCUT2D eigenvalue weighted by molar-refractivity contribution is 5.98. The maximum absolute atomic E-state index is 13.1. The third-order valence-electron chi connectivity index (χ3n) is 5.20. The minimum absolute atomic E-state index is 0.0487. The van der Waals surface area contributed by atoms with Crippen molar-refractivity contribution in [1.29, 1.82) is 0 Å². The van der Waals surface area contributed by atoms with E-state index in [1.165, 1.54) is 11.8 Å². The van der Waals surface area contributed by atoms with Crippen LogP contribution in [0.15, 0.2) is 12.1 Å². The number of aryl methyl sites for hydroxylation is 3. The number of likely N-dealkylation sites (N-methyl/N-ethyl adjacent to an activating group) is 1. The fourth-order valence-corrected chi connectivity index (χ4v) is 4.09. The predicted octanol–water partition coefficient (Wildman–Crippen LogP) is 2.85. The van der Waals surface area contributed by atoms with Crippen LogP contribution in [0.2, 0.25) is 0 Å². The van der Waals surface area contributed by atoms with Gasteiger partial charge in [0, 0.05) is 19.7 Å². The van der Waals surface area contributed by atoms with E-state index in [9.17, 15) is 14.4 Å². The first-order chi connectivity index (χ1) is 12.6. The van der Waals surface area contributed by atoms with Gasteiger partial charge in [0.2, 0.25) is 17.7 Å². The first-order valence-corrected chi connectivity index (χ1v) is 9.56. The van der Waals surface area contributed by atoms with Crippen molar-refractivity contribution < 1.29 is 14.4 Å². The van der Waals surface area contributed by atoms with E-state index in [4.69, 9.17) is 0 Å². The Hall–Kier alpha value is -2.37. The Balaban J connectivity index is 2.08. The van der Waals surface area contributed by atoms with Crippen LogP contribution >= 0.6 is 0 Å². The summed E-state index contributed by atoms with van der Waals surface area (Å²) in [7, 11) is 1.62. The predicted molar refractivity (Wildman–Crippen MR) is 107 cm³/mol. The highest BCUT2D eigenvalue weighted by Gasteiger charge is 2.42. The molecule has 1 aliphatic rings. The quantitative estimate of drug-likeness (QED) is 0.833. The lowest BCUT2D eigenvalue weighted by Gasteiger charge is -2.39. The average Bonchev–Trinajstić information content (AvgIpc) is 2.57. The van der Waals surface area contributed by atoms with Crippen molar-refractivity contribution in [2.75, 3.05) is 18.9 Å². The summed E-state index contributed by atoms with van der Waals surface area (Å²) in [6.45, 7) is 7.31. The van der Waals surface area contributed by atoms with Crippen LogP contribution in [0.3, 0.4) is 0 Å². The standard InChI is InChI=1S/C21H31N3O3/c1-14-11-15(2)19(16(3)12-14)22-18(26)13-24(5)20(27)21(23-17(4)25)9-7-6-8-10-21/h11-12H,6-10,13H2,1-5H3,(H,22,26)(H,23,25). The van der Waals surface area contributed by atoms with Gasteiger partial charge >= 0.3 is 0 Å². The summed E-state index contributed by atoms with van der Waals surface area (Å²) in [5.74, 6) is -0.645. The molecule has 0 aliphatic heterocycles. The zero-order chi connectivity index (χ0) is 20.2. The molecule has 0 radical (unpaired) electrons. The molecular weight excluding hydrogens is 342 g/mol. The molecule has 0 atom stereocenters. The van der Waals surface area contributed by atoms with E-state index in [1.54, 1.807) is 7.05 Å². The highest BCUT2D eigenvalue weighted by Crippen LogP contribution is 2.30. The number of amides is 3. The number of nitrogens with one attached hydrogen (secondary N) is 2. The van der Waals surface area contributed by atoms with Crippen LogP contribution in [0, 0.1) is 20.8 Å². The Bertz CT molecular complexity index is 713. The molecule has 1 fully saturated rings. The Kier molecular flexibility index (Phi) is 6.63. The van der Waals surface area contributed by atoms with Crippen molar-refractivity contribution in [1.82, 2.24) is 10.2 Å². The van der Waals surface area contributed by atoms with Crippen molar-refractivity contribution in [2.24, 2.45) is 0 Å². The Morgan fingerprint density at radius 2 is 1.59 bits per heavy atom. The van der Waals surface area contributed by atoms with Crippen molar-refractivity contribution in [2.45, 2.75) is 65.3 Å². The largest absolute Gasteiger partial charge is 0.342 e. The van der Waals surface area contributed by atoms with Crippen LogP contribution < -0.4 is 10.6 Å². The van der Waals surface area contributed by atoms with Gasteiger partial charge in [-0.05, 0) is 44.7 Å².